The van der Waals surface area contributed by atoms with Crippen molar-refractivity contribution >= 4 is 4.21 Å². The molecule has 4 bridgehead atoms. The smallest absolute Gasteiger partial charge is 0.0253 e. The Balaban J connectivity index is 0.000000166. The summed E-state index contributed by atoms with van der Waals surface area (Å²) in [4.78, 5) is 0. The van der Waals surface area contributed by atoms with E-state index in [0.29, 0.717) is 0 Å². The van der Waals surface area contributed by atoms with E-state index in [0.717, 1.165) is 36.0 Å². The zero-order chi connectivity index (χ0) is 21.4. The summed E-state index contributed by atoms with van der Waals surface area (Å²) < 4.78 is 3.34. The Morgan fingerprint density at radius 1 is 0.879 bits per heavy atom. The zero-order valence-electron chi connectivity index (χ0n) is 19.4. The number of rotatable bonds is 1. The molecule has 0 radical (unpaired) electrons. The van der Waals surface area contributed by atoms with E-state index in [-0.39, 0.29) is 24.8 Å². The van der Waals surface area contributed by atoms with Crippen molar-refractivity contribution in [2.45, 2.75) is 51.4 Å². The van der Waals surface area contributed by atoms with E-state index in [2.05, 4.69) is 71.8 Å². The van der Waals surface area contributed by atoms with Gasteiger partial charge in [-0.1, -0.05) is 48.2 Å². The van der Waals surface area contributed by atoms with Gasteiger partial charge in [0, 0.05) is 0 Å². The molecule has 4 saturated carbocycles. The molecular weight excluding hydrogens is 522 g/mol. The summed E-state index contributed by atoms with van der Waals surface area (Å²) in [6, 6.07) is 25.3. The van der Waals surface area contributed by atoms with Crippen LogP contribution in [0.3, 0.4) is 0 Å². The Bertz CT molecular complexity index is 981. The molecule has 0 N–H and O–H groups in total. The van der Waals surface area contributed by atoms with Crippen LogP contribution in [-0.2, 0) is 30.7 Å². The quantitative estimate of drug-likeness (QED) is 0.311. The van der Waals surface area contributed by atoms with Gasteiger partial charge in [-0.25, -0.2) is 6.07 Å². The first kappa shape index (κ1) is 26.7. The molecule has 5 aliphatic rings. The van der Waals surface area contributed by atoms with Gasteiger partial charge in [0.2, 0.25) is 0 Å². The maximum absolute atomic E-state index is 3.34. The normalized spacial score (nSPS) is 26.9. The summed E-state index contributed by atoms with van der Waals surface area (Å²) in [5.74, 6) is 5.22. The SMILES string of the molecule is Cc1cc(C2C3CC4CC(C3)CC2C4)c[cH-]1.[CH2]=[Zr+2].[Cl-].[Cl-].[c-]1cccc2c1Cc1ccccc1-2. The van der Waals surface area contributed by atoms with E-state index in [9.17, 15) is 0 Å². The van der Waals surface area contributed by atoms with Crippen LogP contribution in [0.15, 0.2) is 60.7 Å². The van der Waals surface area contributed by atoms with Gasteiger partial charge in [-0.05, 0) is 62.2 Å². The maximum Gasteiger partial charge on any atom is -0.0253 e. The van der Waals surface area contributed by atoms with E-state index in [4.69, 9.17) is 0 Å². The Morgan fingerprint density at radius 2 is 1.52 bits per heavy atom. The molecule has 3 aromatic carbocycles. The largest absolute Gasteiger partial charge is 1.00 e. The van der Waals surface area contributed by atoms with Crippen LogP contribution in [0.25, 0.3) is 11.1 Å². The van der Waals surface area contributed by atoms with Gasteiger partial charge in [-0.3, -0.25) is 0 Å². The summed E-state index contributed by atoms with van der Waals surface area (Å²) in [7, 11) is 0. The van der Waals surface area contributed by atoms with Gasteiger partial charge in [-0.15, -0.1) is 5.56 Å². The molecule has 3 aromatic rings. The van der Waals surface area contributed by atoms with Gasteiger partial charge in [0.25, 0.3) is 0 Å². The van der Waals surface area contributed by atoms with Crippen molar-refractivity contribution < 1.29 is 49.0 Å². The maximum atomic E-state index is 3.34. The Hall–Kier alpha value is -0.877. The van der Waals surface area contributed by atoms with Gasteiger partial charge < -0.3 is 24.8 Å². The molecule has 0 unspecified atom stereocenters. The molecule has 4 fully saturated rings. The third-order valence-electron chi connectivity index (χ3n) is 8.16. The predicted octanol–water partition coefficient (Wildman–Crippen LogP) is 1.28. The molecule has 0 amide bonds. The standard InChI is InChI=1S/C16H21.C13H9.CH2.2ClH.Zr/c1-10-2-3-13(4-10)16-14-6-11-5-12(8-14)9-15(16)7-11;1-3-7-12-10(5-1)9-11-6-2-4-8-13(11)12;;;;/h2-4,11-12,14-16H,5-9H2,1H3;1-5,7-8H,9H2;1H2;2*1H;/q2*-1;;;;+2/p-2. The van der Waals surface area contributed by atoms with Crippen LogP contribution in [0, 0.1) is 36.7 Å². The summed E-state index contributed by atoms with van der Waals surface area (Å²) in [6.45, 7) is 2.24. The second-order valence-corrected chi connectivity index (χ2v) is 10.1. The number of halogens is 2. The van der Waals surface area contributed by atoms with Crippen molar-refractivity contribution in [2.75, 3.05) is 0 Å². The van der Waals surface area contributed by atoms with Crippen LogP contribution in [0.4, 0.5) is 0 Å². The Morgan fingerprint density at radius 3 is 2.15 bits per heavy atom. The number of hydrogen-bond donors (Lipinski definition) is 0. The molecule has 0 spiro atoms. The van der Waals surface area contributed by atoms with Gasteiger partial charge in [0.1, 0.15) is 0 Å². The van der Waals surface area contributed by atoms with Crippen LogP contribution < -0.4 is 24.8 Å². The average Bonchev–Trinajstić information content (AvgIpc) is 3.38. The fourth-order valence-corrected chi connectivity index (χ4v) is 7.26. The number of hydrogen-bond acceptors (Lipinski definition) is 0. The monoisotopic (exact) mass is 552 g/mol. The number of benzene rings is 2. The minimum Gasteiger partial charge on any atom is -1.00 e. The Labute approximate surface area is 227 Å². The first-order chi connectivity index (χ1) is 15.2. The molecule has 3 heteroatoms. The Kier molecular flexibility index (Phi) is 9.48. The summed E-state index contributed by atoms with van der Waals surface area (Å²) in [5.41, 5.74) is 8.64. The van der Waals surface area contributed by atoms with Gasteiger partial charge in [-0.2, -0.15) is 53.1 Å². The summed E-state index contributed by atoms with van der Waals surface area (Å²) in [5, 5.41) is 0. The molecule has 0 aromatic heterocycles. The van der Waals surface area contributed by atoms with E-state index < -0.39 is 0 Å². The molecule has 0 saturated heterocycles. The molecule has 0 aliphatic heterocycles. The average molecular weight is 555 g/mol. The third-order valence-corrected chi connectivity index (χ3v) is 8.16. The van der Waals surface area contributed by atoms with E-state index >= 15 is 0 Å². The van der Waals surface area contributed by atoms with Crippen molar-refractivity contribution in [3.8, 4) is 11.1 Å². The third kappa shape index (κ3) is 5.37. The van der Waals surface area contributed by atoms with Crippen molar-refractivity contribution in [1.29, 1.82) is 0 Å². The van der Waals surface area contributed by atoms with Gasteiger partial charge in [0.05, 0.1) is 0 Å². The predicted molar refractivity (Wildman–Crippen MR) is 127 cm³/mol. The second-order valence-electron chi connectivity index (χ2n) is 10.1. The molecule has 5 aliphatic carbocycles. The first-order valence-electron chi connectivity index (χ1n) is 11.9. The second kappa shape index (κ2) is 11.7. The molecule has 8 rings (SSSR count). The zero-order valence-corrected chi connectivity index (χ0v) is 23.3. The van der Waals surface area contributed by atoms with Gasteiger partial charge >= 0.3 is 28.4 Å². The van der Waals surface area contributed by atoms with Crippen molar-refractivity contribution in [3.05, 3.63) is 89.0 Å². The van der Waals surface area contributed by atoms with E-state index in [1.807, 2.05) is 6.07 Å². The van der Waals surface area contributed by atoms with Crippen LogP contribution in [0.2, 0.25) is 0 Å². The van der Waals surface area contributed by atoms with Crippen molar-refractivity contribution in [1.82, 2.24) is 0 Å². The van der Waals surface area contributed by atoms with E-state index in [1.165, 1.54) is 52.1 Å². The fraction of sp³-hybridized carbons (Fsp3) is 0.400. The van der Waals surface area contributed by atoms with Crippen molar-refractivity contribution in [2.24, 2.45) is 23.7 Å². The number of aryl methyl sites for hydroxylation is 1. The molecule has 33 heavy (non-hydrogen) atoms. The molecule has 172 valence electrons. The number of fused-ring (bicyclic) bond motifs is 3. The molecule has 0 atom stereocenters. The molecule has 0 nitrogen and oxygen atoms in total. The summed E-state index contributed by atoms with van der Waals surface area (Å²) >= 11 is 1.30. The van der Waals surface area contributed by atoms with E-state index in [1.54, 1.807) is 37.7 Å². The van der Waals surface area contributed by atoms with Crippen LogP contribution >= 0.6 is 0 Å². The fourth-order valence-electron chi connectivity index (χ4n) is 7.26. The van der Waals surface area contributed by atoms with Crippen LogP contribution in [0.5, 0.6) is 0 Å². The summed E-state index contributed by atoms with van der Waals surface area (Å²) in [6.07, 6.45) is 8.79. The van der Waals surface area contributed by atoms with Gasteiger partial charge in [0.15, 0.2) is 0 Å². The minimum absolute atomic E-state index is 0. The molecular formula is C30H32Cl2Zr-2. The first-order valence-corrected chi connectivity index (χ1v) is 13.6. The topological polar surface area (TPSA) is 0 Å². The van der Waals surface area contributed by atoms with Crippen molar-refractivity contribution in [3.63, 3.8) is 0 Å². The van der Waals surface area contributed by atoms with Crippen LogP contribution in [0.1, 0.15) is 60.3 Å². The molecule has 0 heterocycles. The van der Waals surface area contributed by atoms with Crippen LogP contribution in [-0.4, -0.2) is 4.21 Å². The minimum atomic E-state index is 0.